The molecule has 3 rings (SSSR count). The fourth-order valence-electron chi connectivity index (χ4n) is 2.79. The van der Waals surface area contributed by atoms with Crippen LogP contribution in [-0.4, -0.2) is 46.2 Å². The standard InChI is InChI=1S/C19H21N3O5/c1-20(11-14-12-26-15-6-4-5-7-16(15)27-14)17(23)9-8-13-10-21(2)19(25)22(3)18(13)24/h4-10,14H,11-12H2,1-3H3/b9-8+/t14-/m1/s1. The van der Waals surface area contributed by atoms with Gasteiger partial charge in [-0.2, -0.15) is 0 Å². The molecule has 0 saturated carbocycles. The second-order valence-corrected chi connectivity index (χ2v) is 6.39. The first-order valence-electron chi connectivity index (χ1n) is 8.45. The van der Waals surface area contributed by atoms with Gasteiger partial charge in [-0.25, -0.2) is 4.79 Å². The molecule has 0 radical (unpaired) electrons. The lowest BCUT2D eigenvalue weighted by Crippen LogP contribution is -2.41. The Hall–Kier alpha value is -3.29. The summed E-state index contributed by atoms with van der Waals surface area (Å²) >= 11 is 0. The van der Waals surface area contributed by atoms with Crippen LogP contribution in [0.4, 0.5) is 0 Å². The van der Waals surface area contributed by atoms with Crippen LogP contribution in [0.2, 0.25) is 0 Å². The molecule has 0 fully saturated rings. The molecule has 0 aliphatic carbocycles. The van der Waals surface area contributed by atoms with E-state index in [1.54, 1.807) is 14.1 Å². The number of carbonyl (C=O) groups is 1. The van der Waals surface area contributed by atoms with E-state index in [1.807, 2.05) is 24.3 Å². The maximum absolute atomic E-state index is 12.3. The summed E-state index contributed by atoms with van der Waals surface area (Å²) in [4.78, 5) is 37.6. The summed E-state index contributed by atoms with van der Waals surface area (Å²) in [6.45, 7) is 0.683. The predicted molar refractivity (Wildman–Crippen MR) is 99.9 cm³/mol. The van der Waals surface area contributed by atoms with Gasteiger partial charge in [0.2, 0.25) is 5.91 Å². The third-order valence-electron chi connectivity index (χ3n) is 4.30. The quantitative estimate of drug-likeness (QED) is 0.727. The van der Waals surface area contributed by atoms with Gasteiger partial charge in [-0.05, 0) is 18.2 Å². The van der Waals surface area contributed by atoms with Gasteiger partial charge in [0, 0.05) is 33.4 Å². The second-order valence-electron chi connectivity index (χ2n) is 6.39. The highest BCUT2D eigenvalue weighted by Crippen LogP contribution is 2.30. The Kier molecular flexibility index (Phi) is 5.16. The smallest absolute Gasteiger partial charge is 0.330 e. The fraction of sp³-hybridized carbons (Fsp3) is 0.316. The summed E-state index contributed by atoms with van der Waals surface area (Å²) in [5.74, 6) is 1.06. The Balaban J connectivity index is 1.66. The number of hydrogen-bond donors (Lipinski definition) is 0. The van der Waals surface area contributed by atoms with E-state index >= 15 is 0 Å². The van der Waals surface area contributed by atoms with E-state index in [0.29, 0.717) is 24.7 Å². The molecule has 2 aromatic rings. The van der Waals surface area contributed by atoms with Gasteiger partial charge in [0.15, 0.2) is 17.6 Å². The molecule has 0 spiro atoms. The Bertz CT molecular complexity index is 1010. The van der Waals surface area contributed by atoms with Crippen molar-refractivity contribution < 1.29 is 14.3 Å². The highest BCUT2D eigenvalue weighted by molar-refractivity contribution is 5.91. The number of carbonyl (C=O) groups excluding carboxylic acids is 1. The zero-order chi connectivity index (χ0) is 19.6. The number of fused-ring (bicyclic) bond motifs is 1. The molecule has 0 bridgehead atoms. The zero-order valence-electron chi connectivity index (χ0n) is 15.4. The van der Waals surface area contributed by atoms with Gasteiger partial charge in [0.25, 0.3) is 5.56 Å². The van der Waals surface area contributed by atoms with Crippen molar-refractivity contribution in [1.82, 2.24) is 14.0 Å². The molecule has 2 heterocycles. The number of rotatable bonds is 4. The first-order chi connectivity index (χ1) is 12.9. The van der Waals surface area contributed by atoms with Crippen LogP contribution in [0.5, 0.6) is 11.5 Å². The molecule has 0 saturated heterocycles. The van der Waals surface area contributed by atoms with Crippen LogP contribution in [-0.2, 0) is 18.9 Å². The monoisotopic (exact) mass is 371 g/mol. The van der Waals surface area contributed by atoms with Crippen molar-refractivity contribution in [2.24, 2.45) is 14.1 Å². The molecule has 1 aromatic heterocycles. The van der Waals surface area contributed by atoms with Gasteiger partial charge in [-0.15, -0.1) is 0 Å². The minimum atomic E-state index is -0.453. The highest BCUT2D eigenvalue weighted by Gasteiger charge is 2.23. The fourth-order valence-corrected chi connectivity index (χ4v) is 2.79. The lowest BCUT2D eigenvalue weighted by molar-refractivity contribution is -0.126. The maximum Gasteiger partial charge on any atom is 0.330 e. The number of benzene rings is 1. The highest BCUT2D eigenvalue weighted by atomic mass is 16.6. The van der Waals surface area contributed by atoms with Crippen molar-refractivity contribution in [1.29, 1.82) is 0 Å². The average molecular weight is 371 g/mol. The van der Waals surface area contributed by atoms with Crippen molar-refractivity contribution in [2.75, 3.05) is 20.2 Å². The lowest BCUT2D eigenvalue weighted by atomic mass is 10.2. The number of hydrogen-bond acceptors (Lipinski definition) is 5. The third-order valence-corrected chi connectivity index (χ3v) is 4.30. The minimum Gasteiger partial charge on any atom is -0.486 e. The lowest BCUT2D eigenvalue weighted by Gasteiger charge is -2.29. The molecule has 1 atom stereocenters. The second kappa shape index (κ2) is 7.53. The van der Waals surface area contributed by atoms with Crippen molar-refractivity contribution in [3.8, 4) is 11.5 Å². The third kappa shape index (κ3) is 3.94. The van der Waals surface area contributed by atoms with Crippen molar-refractivity contribution >= 4 is 12.0 Å². The molecule has 1 aliphatic rings. The van der Waals surface area contributed by atoms with Crippen LogP contribution in [0.15, 0.2) is 46.1 Å². The van der Waals surface area contributed by atoms with Gasteiger partial charge >= 0.3 is 5.69 Å². The summed E-state index contributed by atoms with van der Waals surface area (Å²) in [5, 5.41) is 0. The topological polar surface area (TPSA) is 82.8 Å². The number of ether oxygens (including phenoxy) is 2. The van der Waals surface area contributed by atoms with E-state index in [2.05, 4.69) is 0 Å². The molecule has 1 aromatic carbocycles. The van der Waals surface area contributed by atoms with Crippen LogP contribution in [0.3, 0.4) is 0 Å². The van der Waals surface area contributed by atoms with Crippen LogP contribution < -0.4 is 20.7 Å². The van der Waals surface area contributed by atoms with Crippen LogP contribution >= 0.6 is 0 Å². The Labute approximate surface area is 155 Å². The summed E-state index contributed by atoms with van der Waals surface area (Å²) in [6.07, 6.45) is 3.84. The van der Waals surface area contributed by atoms with Gasteiger partial charge in [-0.1, -0.05) is 12.1 Å². The number of nitrogens with zero attached hydrogens (tertiary/aromatic N) is 3. The van der Waals surface area contributed by atoms with E-state index in [-0.39, 0.29) is 17.6 Å². The average Bonchev–Trinajstić information content (AvgIpc) is 2.67. The molecule has 142 valence electrons. The number of para-hydroxylation sites is 2. The first kappa shape index (κ1) is 18.5. The van der Waals surface area contributed by atoms with E-state index in [0.717, 1.165) is 4.57 Å². The van der Waals surface area contributed by atoms with Crippen LogP contribution in [0.25, 0.3) is 6.08 Å². The molecule has 8 heteroatoms. The summed E-state index contributed by atoms with van der Waals surface area (Å²) in [5.41, 5.74) is -0.617. The van der Waals surface area contributed by atoms with E-state index in [4.69, 9.17) is 9.47 Å². The van der Waals surface area contributed by atoms with Gasteiger partial charge in [-0.3, -0.25) is 14.2 Å². The largest absolute Gasteiger partial charge is 0.486 e. The molecular weight excluding hydrogens is 350 g/mol. The van der Waals surface area contributed by atoms with Crippen molar-refractivity contribution in [2.45, 2.75) is 6.10 Å². The Morgan fingerprint density at radius 3 is 2.70 bits per heavy atom. The molecule has 27 heavy (non-hydrogen) atoms. The summed E-state index contributed by atoms with van der Waals surface area (Å²) < 4.78 is 13.8. The Morgan fingerprint density at radius 2 is 1.96 bits per heavy atom. The predicted octanol–water partition coefficient (Wildman–Crippen LogP) is 0.396. The van der Waals surface area contributed by atoms with E-state index in [9.17, 15) is 14.4 Å². The SMILES string of the molecule is CN(C[C@@H]1COc2ccccc2O1)C(=O)/C=C/c1cn(C)c(=O)n(C)c1=O. The summed E-state index contributed by atoms with van der Waals surface area (Å²) in [7, 11) is 4.59. The van der Waals surface area contributed by atoms with E-state index in [1.165, 1.54) is 34.9 Å². The molecule has 0 N–H and O–H groups in total. The summed E-state index contributed by atoms with van der Waals surface area (Å²) in [6, 6.07) is 7.37. The maximum atomic E-state index is 12.3. The normalized spacial score (nSPS) is 15.7. The number of likely N-dealkylation sites (N-methyl/N-ethyl adjacent to an activating group) is 1. The first-order valence-corrected chi connectivity index (χ1v) is 8.45. The van der Waals surface area contributed by atoms with Crippen LogP contribution in [0.1, 0.15) is 5.56 Å². The van der Waals surface area contributed by atoms with E-state index < -0.39 is 11.2 Å². The molecule has 1 aliphatic heterocycles. The zero-order valence-corrected chi connectivity index (χ0v) is 15.4. The van der Waals surface area contributed by atoms with Crippen molar-refractivity contribution in [3.63, 3.8) is 0 Å². The van der Waals surface area contributed by atoms with Gasteiger partial charge < -0.3 is 18.9 Å². The Morgan fingerprint density at radius 1 is 1.26 bits per heavy atom. The molecule has 8 nitrogen and oxygen atoms in total. The number of aryl methyl sites for hydroxylation is 1. The van der Waals surface area contributed by atoms with Crippen molar-refractivity contribution in [3.05, 3.63) is 62.9 Å². The number of amides is 1. The minimum absolute atomic E-state index is 0.257. The molecule has 1 amide bonds. The molecular formula is C19H21N3O5. The molecule has 0 unspecified atom stereocenters. The number of aromatic nitrogens is 2. The van der Waals surface area contributed by atoms with Gasteiger partial charge in [0.1, 0.15) is 6.61 Å². The van der Waals surface area contributed by atoms with Crippen LogP contribution in [0, 0.1) is 0 Å². The van der Waals surface area contributed by atoms with Gasteiger partial charge in [0.05, 0.1) is 12.1 Å².